The minimum Gasteiger partial charge on any atom is -0.437 e. The Labute approximate surface area is 87.9 Å². The van der Waals surface area contributed by atoms with Crippen LogP contribution in [0.5, 0.6) is 0 Å². The molecule has 1 aliphatic carbocycles. The molecule has 0 spiro atoms. The second kappa shape index (κ2) is 3.95. The van der Waals surface area contributed by atoms with Gasteiger partial charge in [0, 0.05) is 5.25 Å². The number of hydrogen-bond donors (Lipinski definition) is 1. The van der Waals surface area contributed by atoms with Gasteiger partial charge in [-0.1, -0.05) is 11.8 Å². The van der Waals surface area contributed by atoms with Gasteiger partial charge in [0.15, 0.2) is 0 Å². The molecule has 1 N–H and O–H groups in total. The van der Waals surface area contributed by atoms with Gasteiger partial charge >= 0.3 is 0 Å². The van der Waals surface area contributed by atoms with E-state index in [0.717, 1.165) is 30.7 Å². The third-order valence-electron chi connectivity index (χ3n) is 2.68. The van der Waals surface area contributed by atoms with Crippen LogP contribution < -0.4 is 0 Å². The molecule has 78 valence electrons. The largest absolute Gasteiger partial charge is 0.437 e. The van der Waals surface area contributed by atoms with Crippen LogP contribution in [0, 0.1) is 13.8 Å². The van der Waals surface area contributed by atoms with Gasteiger partial charge in [0.1, 0.15) is 5.76 Å². The Kier molecular flexibility index (Phi) is 2.83. The molecular weight excluding hydrogens is 198 g/mol. The van der Waals surface area contributed by atoms with E-state index in [1.165, 1.54) is 0 Å². The van der Waals surface area contributed by atoms with Crippen LogP contribution in [0.25, 0.3) is 0 Å². The molecule has 1 aliphatic rings. The van der Waals surface area contributed by atoms with Crippen LogP contribution in [0.1, 0.15) is 30.7 Å². The molecule has 0 aromatic carbocycles. The van der Waals surface area contributed by atoms with Crippen molar-refractivity contribution in [1.29, 1.82) is 0 Å². The van der Waals surface area contributed by atoms with Crippen molar-refractivity contribution in [2.45, 2.75) is 49.7 Å². The number of aromatic nitrogens is 1. The van der Waals surface area contributed by atoms with E-state index in [9.17, 15) is 5.11 Å². The lowest BCUT2D eigenvalue weighted by molar-refractivity contribution is 0.187. The topological polar surface area (TPSA) is 46.3 Å². The molecule has 0 amide bonds. The minimum absolute atomic E-state index is 0.187. The summed E-state index contributed by atoms with van der Waals surface area (Å²) in [4.78, 5) is 4.29. The van der Waals surface area contributed by atoms with E-state index in [1.807, 2.05) is 13.8 Å². The summed E-state index contributed by atoms with van der Waals surface area (Å²) in [5.41, 5.74) is 0.944. The van der Waals surface area contributed by atoms with Crippen LogP contribution in [-0.4, -0.2) is 21.4 Å². The number of oxazole rings is 1. The summed E-state index contributed by atoms with van der Waals surface area (Å²) in [5.74, 6) is 0.875. The number of hydrogen-bond acceptors (Lipinski definition) is 4. The SMILES string of the molecule is Cc1nc(S[C@H]2CCC[C@@H]2O)oc1C. The van der Waals surface area contributed by atoms with Crippen LogP contribution in [0.3, 0.4) is 0 Å². The highest BCUT2D eigenvalue weighted by Gasteiger charge is 2.27. The maximum atomic E-state index is 9.64. The molecular formula is C10H15NO2S. The molecule has 14 heavy (non-hydrogen) atoms. The fourth-order valence-electron chi connectivity index (χ4n) is 1.67. The first kappa shape index (κ1) is 10.1. The summed E-state index contributed by atoms with van der Waals surface area (Å²) in [5, 5.41) is 10.6. The molecule has 1 aromatic heterocycles. The molecule has 1 heterocycles. The third kappa shape index (κ3) is 1.96. The van der Waals surface area contributed by atoms with Gasteiger partial charge in [-0.3, -0.25) is 0 Å². The average molecular weight is 213 g/mol. The lowest BCUT2D eigenvalue weighted by atomic mass is 10.3. The Hall–Kier alpha value is -0.480. The zero-order valence-corrected chi connectivity index (χ0v) is 9.30. The molecule has 2 rings (SSSR count). The van der Waals surface area contributed by atoms with Crippen LogP contribution in [0.4, 0.5) is 0 Å². The maximum Gasteiger partial charge on any atom is 0.256 e. The highest BCUT2D eigenvalue weighted by atomic mass is 32.2. The molecule has 0 aliphatic heterocycles. The second-order valence-corrected chi connectivity index (χ2v) is 4.97. The van der Waals surface area contributed by atoms with E-state index in [0.29, 0.717) is 5.22 Å². The van der Waals surface area contributed by atoms with Gasteiger partial charge in [0.2, 0.25) is 0 Å². The molecule has 0 saturated heterocycles. The number of thioether (sulfide) groups is 1. The Balaban J connectivity index is 2.03. The van der Waals surface area contributed by atoms with Crippen molar-refractivity contribution in [2.24, 2.45) is 0 Å². The zero-order chi connectivity index (χ0) is 10.1. The minimum atomic E-state index is -0.187. The Morgan fingerprint density at radius 2 is 2.21 bits per heavy atom. The van der Waals surface area contributed by atoms with E-state index in [4.69, 9.17) is 4.42 Å². The monoisotopic (exact) mass is 213 g/mol. The quantitative estimate of drug-likeness (QED) is 0.818. The van der Waals surface area contributed by atoms with E-state index in [1.54, 1.807) is 11.8 Å². The van der Waals surface area contributed by atoms with E-state index < -0.39 is 0 Å². The molecule has 1 aromatic rings. The lowest BCUT2D eigenvalue weighted by Gasteiger charge is -2.10. The van der Waals surface area contributed by atoms with Gasteiger partial charge in [0.05, 0.1) is 11.8 Å². The molecule has 0 unspecified atom stereocenters. The summed E-state index contributed by atoms with van der Waals surface area (Å²) in [6, 6.07) is 0. The van der Waals surface area contributed by atoms with Gasteiger partial charge in [-0.05, 0) is 33.1 Å². The van der Waals surface area contributed by atoms with Crippen LogP contribution in [0.2, 0.25) is 0 Å². The molecule has 0 bridgehead atoms. The first-order valence-corrected chi connectivity index (χ1v) is 5.83. The Bertz CT molecular complexity index is 304. The number of rotatable bonds is 2. The molecule has 0 radical (unpaired) electrons. The average Bonchev–Trinajstić information content (AvgIpc) is 2.63. The standard InChI is InChI=1S/C10H15NO2S/c1-6-7(2)13-10(11-6)14-9-5-3-4-8(9)12/h8-9,12H,3-5H2,1-2H3/t8-,9-/m0/s1. The fraction of sp³-hybridized carbons (Fsp3) is 0.700. The third-order valence-corrected chi connectivity index (χ3v) is 3.91. The van der Waals surface area contributed by atoms with Crippen molar-refractivity contribution in [2.75, 3.05) is 0 Å². The molecule has 1 saturated carbocycles. The van der Waals surface area contributed by atoms with E-state index in [-0.39, 0.29) is 11.4 Å². The zero-order valence-electron chi connectivity index (χ0n) is 8.49. The van der Waals surface area contributed by atoms with Crippen molar-refractivity contribution in [3.63, 3.8) is 0 Å². The summed E-state index contributed by atoms with van der Waals surface area (Å²) in [7, 11) is 0. The fourth-order valence-corrected chi connectivity index (χ4v) is 2.87. The first-order valence-electron chi connectivity index (χ1n) is 4.95. The van der Waals surface area contributed by atoms with Crippen LogP contribution >= 0.6 is 11.8 Å². The number of nitrogens with zero attached hydrogens (tertiary/aromatic N) is 1. The van der Waals surface area contributed by atoms with Crippen molar-refractivity contribution < 1.29 is 9.52 Å². The van der Waals surface area contributed by atoms with Gasteiger partial charge in [-0.15, -0.1) is 0 Å². The van der Waals surface area contributed by atoms with Crippen LogP contribution in [0.15, 0.2) is 9.64 Å². The van der Waals surface area contributed by atoms with E-state index >= 15 is 0 Å². The lowest BCUT2D eigenvalue weighted by Crippen LogP contribution is -2.14. The normalized spacial score (nSPS) is 27.1. The smallest absolute Gasteiger partial charge is 0.256 e. The summed E-state index contributed by atoms with van der Waals surface area (Å²) in [6.07, 6.45) is 2.90. The molecule has 2 atom stereocenters. The van der Waals surface area contributed by atoms with Crippen molar-refractivity contribution in [1.82, 2.24) is 4.98 Å². The number of aliphatic hydroxyl groups excluding tert-OH is 1. The van der Waals surface area contributed by atoms with Gasteiger partial charge in [0.25, 0.3) is 5.22 Å². The van der Waals surface area contributed by atoms with E-state index in [2.05, 4.69) is 4.98 Å². The Morgan fingerprint density at radius 3 is 2.71 bits per heavy atom. The predicted octanol–water partition coefficient (Wildman–Crippen LogP) is 2.30. The van der Waals surface area contributed by atoms with Crippen LogP contribution in [-0.2, 0) is 0 Å². The van der Waals surface area contributed by atoms with Crippen molar-refractivity contribution in [3.05, 3.63) is 11.5 Å². The highest BCUT2D eigenvalue weighted by molar-refractivity contribution is 7.99. The predicted molar refractivity (Wildman–Crippen MR) is 55.5 cm³/mol. The number of aliphatic hydroxyl groups is 1. The maximum absolute atomic E-state index is 9.64. The van der Waals surface area contributed by atoms with Gasteiger partial charge in [-0.25, -0.2) is 4.98 Å². The first-order chi connectivity index (χ1) is 6.66. The Morgan fingerprint density at radius 1 is 1.43 bits per heavy atom. The van der Waals surface area contributed by atoms with Crippen molar-refractivity contribution >= 4 is 11.8 Å². The van der Waals surface area contributed by atoms with Crippen molar-refractivity contribution in [3.8, 4) is 0 Å². The molecule has 4 heteroatoms. The molecule has 1 fully saturated rings. The highest BCUT2D eigenvalue weighted by Crippen LogP contribution is 2.35. The summed E-state index contributed by atoms with van der Waals surface area (Å²) in [6.45, 7) is 3.85. The van der Waals surface area contributed by atoms with Gasteiger partial charge < -0.3 is 9.52 Å². The number of aryl methyl sites for hydroxylation is 2. The second-order valence-electron chi connectivity index (χ2n) is 3.78. The molecule has 3 nitrogen and oxygen atoms in total. The van der Waals surface area contributed by atoms with Gasteiger partial charge in [-0.2, -0.15) is 0 Å². The summed E-state index contributed by atoms with van der Waals surface area (Å²) < 4.78 is 5.47. The summed E-state index contributed by atoms with van der Waals surface area (Å²) >= 11 is 1.57.